The third-order valence-corrected chi connectivity index (χ3v) is 2.91. The molecule has 0 fully saturated rings. The van der Waals surface area contributed by atoms with Gasteiger partial charge in [-0.15, -0.1) is 0 Å². The van der Waals surface area contributed by atoms with Gasteiger partial charge in [0.05, 0.1) is 11.4 Å². The van der Waals surface area contributed by atoms with Gasteiger partial charge in [-0.2, -0.15) is 0 Å². The summed E-state index contributed by atoms with van der Waals surface area (Å²) in [7, 11) is 2.10. The van der Waals surface area contributed by atoms with Crippen molar-refractivity contribution in [2.45, 2.75) is 19.9 Å². The largest absolute Gasteiger partial charge is 0.397 e. The first kappa shape index (κ1) is 13.1. The van der Waals surface area contributed by atoms with E-state index in [-0.39, 0.29) is 0 Å². The van der Waals surface area contributed by atoms with Crippen molar-refractivity contribution >= 4 is 23.0 Å². The van der Waals surface area contributed by atoms with Gasteiger partial charge in [-0.1, -0.05) is 11.6 Å². The van der Waals surface area contributed by atoms with Crippen molar-refractivity contribution in [3.8, 4) is 0 Å². The molecule has 1 rings (SSSR count). The van der Waals surface area contributed by atoms with Crippen molar-refractivity contribution < 1.29 is 0 Å². The van der Waals surface area contributed by atoms with Crippen molar-refractivity contribution in [3.63, 3.8) is 0 Å². The predicted molar refractivity (Wildman–Crippen MR) is 72.1 cm³/mol. The van der Waals surface area contributed by atoms with Gasteiger partial charge in [0.15, 0.2) is 0 Å². The summed E-state index contributed by atoms with van der Waals surface area (Å²) in [5.74, 6) is 0. The van der Waals surface area contributed by atoms with Crippen LogP contribution in [0.5, 0.6) is 0 Å². The highest BCUT2D eigenvalue weighted by Crippen LogP contribution is 2.22. The molecule has 3 N–H and O–H groups in total. The van der Waals surface area contributed by atoms with Crippen molar-refractivity contribution in [2.24, 2.45) is 0 Å². The standard InChI is InChI=1S/C12H20ClN3/c1-9(2)16(3)7-6-15-12-8-10(13)4-5-11(12)14/h4-5,8-9,15H,6-7,14H2,1-3H3. The van der Waals surface area contributed by atoms with Crippen LogP contribution in [-0.2, 0) is 0 Å². The van der Waals surface area contributed by atoms with Crippen LogP contribution in [0.4, 0.5) is 11.4 Å². The van der Waals surface area contributed by atoms with Crippen LogP contribution in [0.1, 0.15) is 13.8 Å². The summed E-state index contributed by atoms with van der Waals surface area (Å²) in [6.07, 6.45) is 0. The van der Waals surface area contributed by atoms with Gasteiger partial charge >= 0.3 is 0 Å². The van der Waals surface area contributed by atoms with Crippen LogP contribution in [0.25, 0.3) is 0 Å². The van der Waals surface area contributed by atoms with E-state index in [0.29, 0.717) is 11.1 Å². The lowest BCUT2D eigenvalue weighted by Crippen LogP contribution is -2.31. The average molecular weight is 242 g/mol. The normalized spacial score (nSPS) is 11.1. The third-order valence-electron chi connectivity index (χ3n) is 2.68. The van der Waals surface area contributed by atoms with E-state index in [1.165, 1.54) is 0 Å². The average Bonchev–Trinajstić information content (AvgIpc) is 2.22. The van der Waals surface area contributed by atoms with Crippen LogP contribution >= 0.6 is 11.6 Å². The van der Waals surface area contributed by atoms with E-state index in [4.69, 9.17) is 17.3 Å². The summed E-state index contributed by atoms with van der Waals surface area (Å²) in [6, 6.07) is 6.02. The zero-order chi connectivity index (χ0) is 12.1. The Hall–Kier alpha value is -0.930. The van der Waals surface area contributed by atoms with Gasteiger partial charge in [0.25, 0.3) is 0 Å². The molecule has 1 aromatic rings. The summed E-state index contributed by atoms with van der Waals surface area (Å²) in [4.78, 5) is 2.27. The van der Waals surface area contributed by atoms with Crippen LogP contribution in [0.2, 0.25) is 5.02 Å². The second-order valence-electron chi connectivity index (χ2n) is 4.23. The number of rotatable bonds is 5. The molecule has 3 nitrogen and oxygen atoms in total. The Labute approximate surface area is 103 Å². The molecule has 0 atom stereocenters. The molecule has 0 unspecified atom stereocenters. The number of likely N-dealkylation sites (N-methyl/N-ethyl adjacent to an activating group) is 1. The van der Waals surface area contributed by atoms with Crippen molar-refractivity contribution in [1.82, 2.24) is 4.90 Å². The highest BCUT2D eigenvalue weighted by Gasteiger charge is 2.03. The van der Waals surface area contributed by atoms with E-state index in [2.05, 4.69) is 31.1 Å². The molecular weight excluding hydrogens is 222 g/mol. The van der Waals surface area contributed by atoms with Crippen LogP contribution in [0.15, 0.2) is 18.2 Å². The molecule has 0 saturated carbocycles. The first-order chi connectivity index (χ1) is 7.50. The van der Waals surface area contributed by atoms with E-state index in [1.807, 2.05) is 12.1 Å². The summed E-state index contributed by atoms with van der Waals surface area (Å²) in [6.45, 7) is 6.18. The zero-order valence-electron chi connectivity index (χ0n) is 10.1. The Kier molecular flexibility index (Phi) is 4.90. The first-order valence-corrected chi connectivity index (χ1v) is 5.87. The number of hydrogen-bond donors (Lipinski definition) is 2. The van der Waals surface area contributed by atoms with Crippen molar-refractivity contribution in [2.75, 3.05) is 31.2 Å². The molecule has 0 saturated heterocycles. The summed E-state index contributed by atoms with van der Waals surface area (Å²) in [5.41, 5.74) is 7.47. The zero-order valence-corrected chi connectivity index (χ0v) is 10.9. The predicted octanol–water partition coefficient (Wildman–Crippen LogP) is 2.67. The lowest BCUT2D eigenvalue weighted by molar-refractivity contribution is 0.284. The monoisotopic (exact) mass is 241 g/mol. The molecule has 4 heteroatoms. The number of nitrogens with one attached hydrogen (secondary N) is 1. The molecule has 0 radical (unpaired) electrons. The molecular formula is C12H20ClN3. The van der Waals surface area contributed by atoms with Gasteiger partial charge in [-0.25, -0.2) is 0 Å². The smallest absolute Gasteiger partial charge is 0.0589 e. The second-order valence-corrected chi connectivity index (χ2v) is 4.67. The maximum atomic E-state index is 5.90. The molecule has 1 aromatic carbocycles. The Bertz CT molecular complexity index is 339. The van der Waals surface area contributed by atoms with E-state index in [1.54, 1.807) is 6.07 Å². The molecule has 0 bridgehead atoms. The number of nitrogen functional groups attached to an aromatic ring is 1. The SMILES string of the molecule is CC(C)N(C)CCNc1cc(Cl)ccc1N. The molecule has 0 aliphatic rings. The number of hydrogen-bond acceptors (Lipinski definition) is 3. The molecule has 0 aliphatic heterocycles. The highest BCUT2D eigenvalue weighted by atomic mass is 35.5. The second kappa shape index (κ2) is 5.97. The van der Waals surface area contributed by atoms with Gasteiger partial charge in [0.1, 0.15) is 0 Å². The number of anilines is 2. The van der Waals surface area contributed by atoms with Gasteiger partial charge in [-0.05, 0) is 39.1 Å². The topological polar surface area (TPSA) is 41.3 Å². The molecule has 0 spiro atoms. The minimum Gasteiger partial charge on any atom is -0.397 e. The Morgan fingerprint density at radius 2 is 2.12 bits per heavy atom. The van der Waals surface area contributed by atoms with Crippen LogP contribution < -0.4 is 11.1 Å². The molecule has 0 aromatic heterocycles. The summed E-state index contributed by atoms with van der Waals surface area (Å²) in [5, 5.41) is 3.99. The van der Waals surface area contributed by atoms with Gasteiger partial charge in [-0.3, -0.25) is 0 Å². The highest BCUT2D eigenvalue weighted by molar-refractivity contribution is 6.31. The van der Waals surface area contributed by atoms with Gasteiger partial charge in [0.2, 0.25) is 0 Å². The lowest BCUT2D eigenvalue weighted by Gasteiger charge is -2.21. The Morgan fingerprint density at radius 1 is 1.44 bits per heavy atom. The number of nitrogens with zero attached hydrogens (tertiary/aromatic N) is 1. The van der Waals surface area contributed by atoms with E-state index < -0.39 is 0 Å². The Morgan fingerprint density at radius 3 is 2.75 bits per heavy atom. The molecule has 16 heavy (non-hydrogen) atoms. The molecule has 0 heterocycles. The fraction of sp³-hybridized carbons (Fsp3) is 0.500. The van der Waals surface area contributed by atoms with Crippen molar-refractivity contribution in [1.29, 1.82) is 0 Å². The van der Waals surface area contributed by atoms with E-state index in [9.17, 15) is 0 Å². The van der Waals surface area contributed by atoms with E-state index >= 15 is 0 Å². The third kappa shape index (κ3) is 3.91. The quantitative estimate of drug-likeness (QED) is 0.779. The van der Waals surface area contributed by atoms with Crippen LogP contribution in [-0.4, -0.2) is 31.1 Å². The molecule has 90 valence electrons. The van der Waals surface area contributed by atoms with Gasteiger partial charge < -0.3 is 16.0 Å². The minimum absolute atomic E-state index is 0.554. The summed E-state index contributed by atoms with van der Waals surface area (Å²) < 4.78 is 0. The number of benzene rings is 1. The first-order valence-electron chi connectivity index (χ1n) is 5.50. The van der Waals surface area contributed by atoms with Gasteiger partial charge in [0, 0.05) is 24.2 Å². The fourth-order valence-corrected chi connectivity index (χ4v) is 1.48. The Balaban J connectivity index is 2.45. The maximum absolute atomic E-state index is 5.90. The molecule has 0 amide bonds. The maximum Gasteiger partial charge on any atom is 0.0589 e. The van der Waals surface area contributed by atoms with Crippen LogP contribution in [0.3, 0.4) is 0 Å². The van der Waals surface area contributed by atoms with E-state index in [0.717, 1.165) is 24.5 Å². The fourth-order valence-electron chi connectivity index (χ4n) is 1.31. The van der Waals surface area contributed by atoms with Crippen LogP contribution in [0, 0.1) is 0 Å². The van der Waals surface area contributed by atoms with Crippen molar-refractivity contribution in [3.05, 3.63) is 23.2 Å². The summed E-state index contributed by atoms with van der Waals surface area (Å²) >= 11 is 5.90. The molecule has 0 aliphatic carbocycles. The minimum atomic E-state index is 0.554. The number of nitrogens with two attached hydrogens (primary N) is 1. The number of halogens is 1. The lowest BCUT2D eigenvalue weighted by atomic mass is 10.2.